The van der Waals surface area contributed by atoms with E-state index in [0.29, 0.717) is 5.75 Å². The molecule has 1 unspecified atom stereocenters. The van der Waals surface area contributed by atoms with Gasteiger partial charge in [-0.2, -0.15) is 0 Å². The Hall–Kier alpha value is -1.03. The average Bonchev–Trinajstić information content (AvgIpc) is 2.16. The molecule has 0 aliphatic heterocycles. The fourth-order valence-corrected chi connectivity index (χ4v) is 1.75. The first kappa shape index (κ1) is 10.1. The van der Waals surface area contributed by atoms with Crippen LogP contribution in [0.4, 0.5) is 5.69 Å². The summed E-state index contributed by atoms with van der Waals surface area (Å²) in [5.74, 6) is 0.660. The Labute approximate surface area is 80.6 Å². The number of rotatable bonds is 3. The molecule has 1 aromatic rings. The zero-order valence-corrected chi connectivity index (χ0v) is 8.77. The molecule has 0 aliphatic carbocycles. The summed E-state index contributed by atoms with van der Waals surface area (Å²) < 4.78 is 16.4. The molecule has 4 heteroatoms. The number of nitrogens with one attached hydrogen (secondary N) is 1. The second-order valence-corrected chi connectivity index (χ2v) is 3.92. The molecule has 0 bridgehead atoms. The lowest BCUT2D eigenvalue weighted by molar-refractivity contribution is 0.404. The van der Waals surface area contributed by atoms with Gasteiger partial charge < -0.3 is 10.1 Å². The highest BCUT2D eigenvalue weighted by atomic mass is 32.2. The minimum atomic E-state index is -1.00. The molecule has 0 aromatic heterocycles. The Morgan fingerprint density at radius 1 is 1.46 bits per heavy atom. The SMILES string of the molecule is CNc1ccc(S(C)=O)c(OC)c1. The molecule has 1 rings (SSSR count). The molecule has 13 heavy (non-hydrogen) atoms. The van der Waals surface area contributed by atoms with Crippen LogP contribution >= 0.6 is 0 Å². The zero-order valence-electron chi connectivity index (χ0n) is 7.96. The molecule has 1 N–H and O–H groups in total. The number of hydrogen-bond donors (Lipinski definition) is 1. The lowest BCUT2D eigenvalue weighted by Crippen LogP contribution is -1.96. The van der Waals surface area contributed by atoms with E-state index >= 15 is 0 Å². The van der Waals surface area contributed by atoms with Crippen LogP contribution in [0.5, 0.6) is 5.75 Å². The summed E-state index contributed by atoms with van der Waals surface area (Å²) in [7, 11) is 2.40. The van der Waals surface area contributed by atoms with E-state index in [2.05, 4.69) is 5.32 Å². The Bertz CT molecular complexity index is 325. The fraction of sp³-hybridized carbons (Fsp3) is 0.333. The van der Waals surface area contributed by atoms with Crippen LogP contribution in [-0.2, 0) is 10.8 Å². The first-order valence-corrected chi connectivity index (χ1v) is 5.44. The van der Waals surface area contributed by atoms with Gasteiger partial charge in [-0.3, -0.25) is 4.21 Å². The Morgan fingerprint density at radius 2 is 2.15 bits per heavy atom. The van der Waals surface area contributed by atoms with E-state index in [-0.39, 0.29) is 0 Å². The van der Waals surface area contributed by atoms with E-state index in [4.69, 9.17) is 4.74 Å². The predicted molar refractivity (Wildman–Crippen MR) is 54.9 cm³/mol. The Balaban J connectivity index is 3.15. The van der Waals surface area contributed by atoms with Gasteiger partial charge in [0.05, 0.1) is 22.8 Å². The minimum absolute atomic E-state index is 0.660. The van der Waals surface area contributed by atoms with Gasteiger partial charge in [-0.05, 0) is 12.1 Å². The van der Waals surface area contributed by atoms with Crippen molar-refractivity contribution in [2.45, 2.75) is 4.90 Å². The van der Waals surface area contributed by atoms with Crippen LogP contribution in [0.15, 0.2) is 23.1 Å². The highest BCUT2D eigenvalue weighted by Gasteiger charge is 2.06. The number of methoxy groups -OCH3 is 1. The Morgan fingerprint density at radius 3 is 2.62 bits per heavy atom. The summed E-state index contributed by atoms with van der Waals surface area (Å²) in [5, 5.41) is 2.99. The molecule has 0 aliphatic rings. The van der Waals surface area contributed by atoms with E-state index in [1.807, 2.05) is 19.2 Å². The van der Waals surface area contributed by atoms with Crippen molar-refractivity contribution >= 4 is 16.5 Å². The quantitative estimate of drug-likeness (QED) is 0.801. The van der Waals surface area contributed by atoms with Gasteiger partial charge in [-0.1, -0.05) is 0 Å². The highest BCUT2D eigenvalue weighted by Crippen LogP contribution is 2.24. The van der Waals surface area contributed by atoms with Crippen LogP contribution in [0, 0.1) is 0 Å². The van der Waals surface area contributed by atoms with Crippen LogP contribution in [0.3, 0.4) is 0 Å². The highest BCUT2D eigenvalue weighted by molar-refractivity contribution is 7.84. The molecule has 1 atom stereocenters. The summed E-state index contributed by atoms with van der Waals surface area (Å²) in [5.41, 5.74) is 0.950. The van der Waals surface area contributed by atoms with Crippen molar-refractivity contribution in [3.63, 3.8) is 0 Å². The van der Waals surface area contributed by atoms with Crippen molar-refractivity contribution in [1.29, 1.82) is 0 Å². The molecular formula is C9H13NO2S. The summed E-state index contributed by atoms with van der Waals surface area (Å²) >= 11 is 0. The van der Waals surface area contributed by atoms with Crippen molar-refractivity contribution in [1.82, 2.24) is 0 Å². The van der Waals surface area contributed by atoms with Crippen LogP contribution in [0.2, 0.25) is 0 Å². The van der Waals surface area contributed by atoms with E-state index in [9.17, 15) is 4.21 Å². The normalized spacial score (nSPS) is 12.2. The maximum Gasteiger partial charge on any atom is 0.137 e. The topological polar surface area (TPSA) is 38.3 Å². The lowest BCUT2D eigenvalue weighted by atomic mass is 10.3. The fourth-order valence-electron chi connectivity index (χ4n) is 1.06. The molecule has 0 radical (unpaired) electrons. The Kier molecular flexibility index (Phi) is 3.31. The smallest absolute Gasteiger partial charge is 0.137 e. The number of anilines is 1. The van der Waals surface area contributed by atoms with Gasteiger partial charge in [0.1, 0.15) is 5.75 Å². The van der Waals surface area contributed by atoms with Gasteiger partial charge >= 0.3 is 0 Å². The van der Waals surface area contributed by atoms with E-state index in [0.717, 1.165) is 10.6 Å². The molecule has 72 valence electrons. The number of benzene rings is 1. The standard InChI is InChI=1S/C9H13NO2S/c1-10-7-4-5-9(13(3)11)8(6-7)12-2/h4-6,10H,1-3H3. The first-order valence-electron chi connectivity index (χ1n) is 3.88. The van der Waals surface area contributed by atoms with Crippen LogP contribution in [0.1, 0.15) is 0 Å². The largest absolute Gasteiger partial charge is 0.495 e. The van der Waals surface area contributed by atoms with Gasteiger partial charge in [-0.15, -0.1) is 0 Å². The molecule has 0 fully saturated rings. The van der Waals surface area contributed by atoms with Crippen molar-refractivity contribution in [2.24, 2.45) is 0 Å². The van der Waals surface area contributed by atoms with Gasteiger partial charge in [0, 0.05) is 25.1 Å². The summed E-state index contributed by atoms with van der Waals surface area (Å²) in [6, 6.07) is 5.51. The maximum absolute atomic E-state index is 11.2. The first-order chi connectivity index (χ1) is 6.19. The average molecular weight is 199 g/mol. The molecule has 0 spiro atoms. The van der Waals surface area contributed by atoms with E-state index in [1.54, 1.807) is 19.4 Å². The molecule has 0 heterocycles. The van der Waals surface area contributed by atoms with E-state index < -0.39 is 10.8 Å². The van der Waals surface area contributed by atoms with Gasteiger partial charge in [0.15, 0.2) is 0 Å². The van der Waals surface area contributed by atoms with Gasteiger partial charge in [0.25, 0.3) is 0 Å². The van der Waals surface area contributed by atoms with Crippen LogP contribution < -0.4 is 10.1 Å². The second-order valence-electron chi connectivity index (χ2n) is 2.57. The molecule has 1 aromatic carbocycles. The molecular weight excluding hydrogens is 186 g/mol. The van der Waals surface area contributed by atoms with Gasteiger partial charge in [-0.25, -0.2) is 0 Å². The predicted octanol–water partition coefficient (Wildman–Crippen LogP) is 1.47. The molecule has 0 saturated heterocycles. The van der Waals surface area contributed by atoms with Crippen molar-refractivity contribution in [3.05, 3.63) is 18.2 Å². The maximum atomic E-state index is 11.2. The van der Waals surface area contributed by atoms with Crippen LogP contribution in [0.25, 0.3) is 0 Å². The second kappa shape index (κ2) is 4.28. The monoisotopic (exact) mass is 199 g/mol. The minimum Gasteiger partial charge on any atom is -0.495 e. The van der Waals surface area contributed by atoms with E-state index in [1.165, 1.54) is 0 Å². The number of hydrogen-bond acceptors (Lipinski definition) is 3. The summed E-state index contributed by atoms with van der Waals surface area (Å²) in [6.07, 6.45) is 1.64. The molecule has 0 saturated carbocycles. The number of ether oxygens (including phenoxy) is 1. The third-order valence-electron chi connectivity index (χ3n) is 1.76. The summed E-state index contributed by atoms with van der Waals surface area (Å²) in [6.45, 7) is 0. The van der Waals surface area contributed by atoms with Crippen molar-refractivity contribution in [3.8, 4) is 5.75 Å². The summed E-state index contributed by atoms with van der Waals surface area (Å²) in [4.78, 5) is 0.724. The van der Waals surface area contributed by atoms with Crippen molar-refractivity contribution in [2.75, 3.05) is 25.7 Å². The van der Waals surface area contributed by atoms with Crippen LogP contribution in [-0.4, -0.2) is 24.6 Å². The lowest BCUT2D eigenvalue weighted by Gasteiger charge is -2.07. The molecule has 0 amide bonds. The third-order valence-corrected chi connectivity index (χ3v) is 2.72. The zero-order chi connectivity index (χ0) is 9.84. The van der Waals surface area contributed by atoms with Crippen molar-refractivity contribution < 1.29 is 8.95 Å². The van der Waals surface area contributed by atoms with Gasteiger partial charge in [0.2, 0.25) is 0 Å². The third kappa shape index (κ3) is 2.21. The molecule has 3 nitrogen and oxygen atoms in total.